The Bertz CT molecular complexity index is 745. The molecule has 0 radical (unpaired) electrons. The predicted molar refractivity (Wildman–Crippen MR) is 115 cm³/mol. The second-order valence-electron chi connectivity index (χ2n) is 7.61. The maximum absolute atomic E-state index is 12.7. The van der Waals surface area contributed by atoms with Crippen LogP contribution in [0.1, 0.15) is 45.4 Å². The van der Waals surface area contributed by atoms with Crippen molar-refractivity contribution in [1.29, 1.82) is 0 Å². The van der Waals surface area contributed by atoms with Crippen LogP contribution in [0.15, 0.2) is 0 Å². The molecule has 0 heterocycles. The molecule has 0 bridgehead atoms. The molecular formula is C19H33N5O10. The van der Waals surface area contributed by atoms with Crippen molar-refractivity contribution in [3.05, 3.63) is 0 Å². The first kappa shape index (κ1) is 30.7. The van der Waals surface area contributed by atoms with E-state index in [1.54, 1.807) is 0 Å². The lowest BCUT2D eigenvalue weighted by Gasteiger charge is -2.25. The van der Waals surface area contributed by atoms with Crippen LogP contribution in [0.2, 0.25) is 0 Å². The Kier molecular flexibility index (Phi) is 14.0. The van der Waals surface area contributed by atoms with Gasteiger partial charge in [-0.05, 0) is 32.7 Å². The van der Waals surface area contributed by atoms with Crippen molar-refractivity contribution in [3.63, 3.8) is 0 Å². The Morgan fingerprint density at radius 1 is 0.794 bits per heavy atom. The van der Waals surface area contributed by atoms with Gasteiger partial charge in [0.15, 0.2) is 6.04 Å². The summed E-state index contributed by atoms with van der Waals surface area (Å²) < 4.78 is 0. The fourth-order valence-corrected chi connectivity index (χ4v) is 2.75. The van der Waals surface area contributed by atoms with Crippen LogP contribution in [0, 0.1) is 0 Å². The zero-order chi connectivity index (χ0) is 26.4. The molecule has 0 fully saturated rings. The molecular weight excluding hydrogens is 458 g/mol. The van der Waals surface area contributed by atoms with Crippen LogP contribution in [-0.2, 0) is 28.8 Å². The second-order valence-corrected chi connectivity index (χ2v) is 7.61. The van der Waals surface area contributed by atoms with E-state index in [9.17, 15) is 33.9 Å². The Hall–Kier alpha value is -3.30. The number of amides is 3. The van der Waals surface area contributed by atoms with Crippen LogP contribution in [-0.4, -0.2) is 92.9 Å². The molecule has 5 atom stereocenters. The number of aliphatic carboxylic acids is 3. The van der Waals surface area contributed by atoms with E-state index in [1.807, 2.05) is 5.32 Å². The van der Waals surface area contributed by atoms with Gasteiger partial charge in [0.25, 0.3) is 0 Å². The number of rotatable bonds is 17. The van der Waals surface area contributed by atoms with E-state index in [2.05, 4.69) is 10.6 Å². The molecule has 34 heavy (non-hydrogen) atoms. The number of unbranched alkanes of at least 4 members (excludes halogenated alkanes) is 1. The lowest BCUT2D eigenvalue weighted by atomic mass is 10.1. The predicted octanol–water partition coefficient (Wildman–Crippen LogP) is -3.30. The Morgan fingerprint density at radius 2 is 1.35 bits per heavy atom. The molecule has 0 aliphatic heterocycles. The third-order valence-corrected chi connectivity index (χ3v) is 4.64. The van der Waals surface area contributed by atoms with E-state index < -0.39 is 85.2 Å². The van der Waals surface area contributed by atoms with E-state index in [1.165, 1.54) is 0 Å². The molecule has 15 heteroatoms. The smallest absolute Gasteiger partial charge is 0.328 e. The summed E-state index contributed by atoms with van der Waals surface area (Å²) in [5.74, 6) is -7.42. The Morgan fingerprint density at radius 3 is 1.82 bits per heavy atom. The molecule has 0 aromatic heterocycles. The van der Waals surface area contributed by atoms with Crippen molar-refractivity contribution >= 4 is 35.6 Å². The second kappa shape index (κ2) is 15.5. The third-order valence-electron chi connectivity index (χ3n) is 4.64. The largest absolute Gasteiger partial charge is 0.481 e. The van der Waals surface area contributed by atoms with Gasteiger partial charge < -0.3 is 47.8 Å². The lowest BCUT2D eigenvalue weighted by molar-refractivity contribution is -0.146. The fraction of sp³-hybridized carbons (Fsp3) is 0.684. The summed E-state index contributed by atoms with van der Waals surface area (Å²) >= 11 is 0. The van der Waals surface area contributed by atoms with Crippen molar-refractivity contribution in [3.8, 4) is 0 Å². The number of carbonyl (C=O) groups excluding carboxylic acids is 3. The van der Waals surface area contributed by atoms with Crippen molar-refractivity contribution in [1.82, 2.24) is 16.0 Å². The standard InChI is InChI=1S/C19H33N5O10/c1-9(25)15(19(33)34)24-17(31)11(5-6-13(26)27)22-18(32)12(8-14(28)29)23-16(30)10(21)4-2-3-7-20/h9-12,15,25H,2-8,20-21H2,1H3,(H,22,32)(H,23,30)(H,24,31)(H,26,27)(H,28,29)(H,33,34). The van der Waals surface area contributed by atoms with Gasteiger partial charge in [0.2, 0.25) is 17.7 Å². The summed E-state index contributed by atoms with van der Waals surface area (Å²) in [5.41, 5.74) is 11.1. The van der Waals surface area contributed by atoms with Crippen molar-refractivity contribution in [2.45, 2.75) is 75.7 Å². The topological polar surface area (TPSA) is 271 Å². The molecule has 0 saturated carbocycles. The van der Waals surface area contributed by atoms with Gasteiger partial charge in [-0.25, -0.2) is 4.79 Å². The van der Waals surface area contributed by atoms with Gasteiger partial charge in [-0.15, -0.1) is 0 Å². The van der Waals surface area contributed by atoms with Crippen LogP contribution in [0.25, 0.3) is 0 Å². The van der Waals surface area contributed by atoms with Crippen LogP contribution in [0.5, 0.6) is 0 Å². The number of aliphatic hydroxyl groups is 1. The summed E-state index contributed by atoms with van der Waals surface area (Å²) in [6.45, 7) is 1.48. The molecule has 194 valence electrons. The van der Waals surface area contributed by atoms with Gasteiger partial charge in [0.1, 0.15) is 12.1 Å². The summed E-state index contributed by atoms with van der Waals surface area (Å²) in [5, 5.41) is 42.9. The quantitative estimate of drug-likeness (QED) is 0.0905. The summed E-state index contributed by atoms with van der Waals surface area (Å²) in [7, 11) is 0. The number of nitrogens with two attached hydrogens (primary N) is 2. The van der Waals surface area contributed by atoms with Crippen LogP contribution < -0.4 is 27.4 Å². The van der Waals surface area contributed by atoms with Crippen molar-refractivity contribution < 1.29 is 49.2 Å². The molecule has 0 aliphatic carbocycles. The zero-order valence-electron chi connectivity index (χ0n) is 18.7. The first-order valence-electron chi connectivity index (χ1n) is 10.5. The minimum absolute atomic E-state index is 0.226. The molecule has 5 unspecified atom stereocenters. The molecule has 3 amide bonds. The number of aliphatic hydroxyl groups excluding tert-OH is 1. The highest BCUT2D eigenvalue weighted by Crippen LogP contribution is 2.05. The van der Waals surface area contributed by atoms with Gasteiger partial charge in [0.05, 0.1) is 18.6 Å². The number of carbonyl (C=O) groups is 6. The van der Waals surface area contributed by atoms with E-state index in [0.29, 0.717) is 19.4 Å². The number of carboxylic acids is 3. The average Bonchev–Trinajstić information content (AvgIpc) is 2.72. The highest BCUT2D eigenvalue weighted by Gasteiger charge is 2.32. The maximum atomic E-state index is 12.7. The molecule has 15 nitrogen and oxygen atoms in total. The highest BCUT2D eigenvalue weighted by atomic mass is 16.4. The number of hydrogen-bond acceptors (Lipinski definition) is 9. The SMILES string of the molecule is CC(O)C(NC(=O)C(CCC(=O)O)NC(=O)C(CC(=O)O)NC(=O)C(N)CCCCN)C(=O)O. The van der Waals surface area contributed by atoms with Gasteiger partial charge >= 0.3 is 17.9 Å². The Labute approximate surface area is 195 Å². The van der Waals surface area contributed by atoms with E-state index in [0.717, 1.165) is 6.92 Å². The highest BCUT2D eigenvalue weighted by molar-refractivity contribution is 5.95. The first-order valence-corrected chi connectivity index (χ1v) is 10.5. The number of nitrogens with one attached hydrogen (secondary N) is 3. The van der Waals surface area contributed by atoms with Crippen molar-refractivity contribution in [2.24, 2.45) is 11.5 Å². The molecule has 0 aromatic carbocycles. The average molecular weight is 491 g/mol. The molecule has 11 N–H and O–H groups in total. The molecule has 0 aromatic rings. The van der Waals surface area contributed by atoms with E-state index in [-0.39, 0.29) is 6.42 Å². The zero-order valence-corrected chi connectivity index (χ0v) is 18.7. The van der Waals surface area contributed by atoms with Crippen LogP contribution >= 0.6 is 0 Å². The van der Waals surface area contributed by atoms with E-state index in [4.69, 9.17) is 26.8 Å². The Balaban J connectivity index is 5.50. The summed E-state index contributed by atoms with van der Waals surface area (Å²) in [6.07, 6.45) is -2.12. The minimum Gasteiger partial charge on any atom is -0.481 e. The van der Waals surface area contributed by atoms with Gasteiger partial charge in [-0.2, -0.15) is 0 Å². The maximum Gasteiger partial charge on any atom is 0.328 e. The minimum atomic E-state index is -1.75. The van der Waals surface area contributed by atoms with Gasteiger partial charge in [0, 0.05) is 6.42 Å². The lowest BCUT2D eigenvalue weighted by Crippen LogP contribution is -2.58. The van der Waals surface area contributed by atoms with Crippen LogP contribution in [0.4, 0.5) is 0 Å². The first-order chi connectivity index (χ1) is 15.8. The third kappa shape index (κ3) is 12.1. The van der Waals surface area contributed by atoms with Gasteiger partial charge in [-0.1, -0.05) is 6.42 Å². The van der Waals surface area contributed by atoms with E-state index >= 15 is 0 Å². The molecule has 0 rings (SSSR count). The summed E-state index contributed by atoms with van der Waals surface area (Å²) in [6, 6.07) is -6.06. The van der Waals surface area contributed by atoms with Gasteiger partial charge in [-0.3, -0.25) is 24.0 Å². The monoisotopic (exact) mass is 491 g/mol. The number of carboxylic acid groups (broad SMARTS) is 3. The molecule has 0 aliphatic rings. The summed E-state index contributed by atoms with van der Waals surface area (Å²) in [4.78, 5) is 70.8. The number of hydrogen-bond donors (Lipinski definition) is 9. The normalized spacial score (nSPS) is 15.2. The van der Waals surface area contributed by atoms with Crippen LogP contribution in [0.3, 0.4) is 0 Å². The van der Waals surface area contributed by atoms with Crippen molar-refractivity contribution in [2.75, 3.05) is 6.54 Å². The fourth-order valence-electron chi connectivity index (χ4n) is 2.75. The molecule has 0 spiro atoms. The molecule has 0 saturated heterocycles.